The summed E-state index contributed by atoms with van der Waals surface area (Å²) in [6.07, 6.45) is 4.14. The van der Waals surface area contributed by atoms with Crippen molar-refractivity contribution in [2.45, 2.75) is 32.6 Å². The molecule has 1 aliphatic rings. The van der Waals surface area contributed by atoms with Crippen LogP contribution in [0.3, 0.4) is 0 Å². The van der Waals surface area contributed by atoms with Crippen LogP contribution >= 0.6 is 35.3 Å². The van der Waals surface area contributed by atoms with Crippen LogP contribution in [0.1, 0.15) is 31.0 Å². The van der Waals surface area contributed by atoms with Crippen molar-refractivity contribution >= 4 is 46.4 Å². The summed E-state index contributed by atoms with van der Waals surface area (Å²) in [4.78, 5) is 11.8. The molecule has 1 aromatic carbocycles. The monoisotopic (exact) mass is 517 g/mol. The van der Waals surface area contributed by atoms with Crippen molar-refractivity contribution in [3.8, 4) is 0 Å². The van der Waals surface area contributed by atoms with E-state index in [-0.39, 0.29) is 29.8 Å². The van der Waals surface area contributed by atoms with Gasteiger partial charge < -0.3 is 15.5 Å². The first kappa shape index (κ1) is 22.9. The Balaban J connectivity index is 0.00000280. The molecule has 154 valence electrons. The zero-order chi connectivity index (χ0) is 18.9. The summed E-state index contributed by atoms with van der Waals surface area (Å²) in [7, 11) is 0. The smallest absolute Gasteiger partial charge is 0.191 e. The number of hydrogen-bond acceptors (Lipinski definition) is 4. The number of anilines is 1. The minimum atomic E-state index is -0.190. The maximum absolute atomic E-state index is 13.2. The van der Waals surface area contributed by atoms with Crippen LogP contribution in [0.15, 0.2) is 34.6 Å². The number of halogens is 2. The Labute approximate surface area is 187 Å². The van der Waals surface area contributed by atoms with Gasteiger partial charge in [0.15, 0.2) is 11.1 Å². The van der Waals surface area contributed by atoms with E-state index < -0.39 is 0 Å². The molecule has 1 saturated heterocycles. The summed E-state index contributed by atoms with van der Waals surface area (Å²) in [5.41, 5.74) is 2.09. The van der Waals surface area contributed by atoms with E-state index in [1.165, 1.54) is 18.9 Å². The Kier molecular flexibility index (Phi) is 9.97. The molecule has 1 fully saturated rings. The minimum absolute atomic E-state index is 0. The van der Waals surface area contributed by atoms with Gasteiger partial charge in [-0.2, -0.15) is 0 Å². The topological polar surface area (TPSA) is 52.6 Å². The van der Waals surface area contributed by atoms with Crippen LogP contribution in [0.4, 0.5) is 9.52 Å². The highest BCUT2D eigenvalue weighted by Gasteiger charge is 2.15. The molecule has 0 amide bonds. The Hall–Kier alpha value is -1.42. The standard InChI is InChI=1S/C20H28FN5S.HI/c1-2-22-19(23-10-8-16-6-5-7-17(21)14-16)24-11-9-18-15-27-20(25-18)26-12-3-4-13-26;/h5-7,14-15H,2-4,8-13H2,1H3,(H2,22,23,24);1H. The first-order valence-corrected chi connectivity index (χ1v) is 10.6. The van der Waals surface area contributed by atoms with Gasteiger partial charge in [-0.15, -0.1) is 35.3 Å². The van der Waals surface area contributed by atoms with Crippen molar-refractivity contribution in [1.82, 2.24) is 15.6 Å². The van der Waals surface area contributed by atoms with Crippen LogP contribution < -0.4 is 15.5 Å². The Morgan fingerprint density at radius 1 is 1.25 bits per heavy atom. The van der Waals surface area contributed by atoms with E-state index in [1.807, 2.05) is 13.0 Å². The summed E-state index contributed by atoms with van der Waals surface area (Å²) in [6, 6.07) is 6.73. The zero-order valence-corrected chi connectivity index (χ0v) is 19.4. The van der Waals surface area contributed by atoms with Crippen LogP contribution in [-0.2, 0) is 12.8 Å². The van der Waals surface area contributed by atoms with E-state index in [0.29, 0.717) is 13.1 Å². The van der Waals surface area contributed by atoms with E-state index in [4.69, 9.17) is 4.98 Å². The van der Waals surface area contributed by atoms with Crippen LogP contribution in [0.2, 0.25) is 0 Å². The van der Waals surface area contributed by atoms with Gasteiger partial charge in [-0.25, -0.2) is 9.37 Å². The average Bonchev–Trinajstić information content (AvgIpc) is 3.33. The van der Waals surface area contributed by atoms with Gasteiger partial charge >= 0.3 is 0 Å². The van der Waals surface area contributed by atoms with Crippen LogP contribution in [0.5, 0.6) is 0 Å². The van der Waals surface area contributed by atoms with Crippen LogP contribution in [0.25, 0.3) is 0 Å². The third kappa shape index (κ3) is 7.20. The predicted octanol–water partition coefficient (Wildman–Crippen LogP) is 3.84. The third-order valence-electron chi connectivity index (χ3n) is 4.49. The Morgan fingerprint density at radius 3 is 2.82 bits per heavy atom. The number of aromatic nitrogens is 1. The van der Waals surface area contributed by atoms with E-state index in [9.17, 15) is 4.39 Å². The number of guanidine groups is 1. The highest BCUT2D eigenvalue weighted by molar-refractivity contribution is 14.0. The molecule has 2 N–H and O–H groups in total. The molecule has 0 saturated carbocycles. The molecule has 28 heavy (non-hydrogen) atoms. The fraction of sp³-hybridized carbons (Fsp3) is 0.500. The van der Waals surface area contributed by atoms with Crippen molar-refractivity contribution in [2.75, 3.05) is 37.6 Å². The molecule has 0 unspecified atom stereocenters. The zero-order valence-electron chi connectivity index (χ0n) is 16.3. The second kappa shape index (κ2) is 12.2. The van der Waals surface area contributed by atoms with Crippen molar-refractivity contribution in [2.24, 2.45) is 4.99 Å². The fourth-order valence-corrected chi connectivity index (χ4v) is 4.02. The first-order valence-electron chi connectivity index (χ1n) is 9.70. The minimum Gasteiger partial charge on any atom is -0.357 e. The lowest BCUT2D eigenvalue weighted by atomic mass is 10.1. The maximum atomic E-state index is 13.2. The predicted molar refractivity (Wildman–Crippen MR) is 127 cm³/mol. The van der Waals surface area contributed by atoms with Crippen molar-refractivity contribution < 1.29 is 4.39 Å². The van der Waals surface area contributed by atoms with Crippen LogP contribution in [0, 0.1) is 5.82 Å². The van der Waals surface area contributed by atoms with E-state index in [2.05, 4.69) is 25.9 Å². The average molecular weight is 517 g/mol. The molecule has 5 nitrogen and oxygen atoms in total. The molecule has 3 rings (SSSR count). The number of hydrogen-bond donors (Lipinski definition) is 2. The number of nitrogens with zero attached hydrogens (tertiary/aromatic N) is 3. The molecule has 1 aliphatic heterocycles. The van der Waals surface area contributed by atoms with Gasteiger partial charge in [-0.3, -0.25) is 4.99 Å². The van der Waals surface area contributed by atoms with E-state index in [0.717, 1.165) is 54.8 Å². The number of nitrogens with one attached hydrogen (secondary N) is 2. The lowest BCUT2D eigenvalue weighted by Gasteiger charge is -2.12. The Bertz CT molecular complexity index is 746. The molecule has 0 aliphatic carbocycles. The lowest BCUT2D eigenvalue weighted by Crippen LogP contribution is -2.38. The molecule has 0 atom stereocenters. The highest BCUT2D eigenvalue weighted by atomic mass is 127. The highest BCUT2D eigenvalue weighted by Crippen LogP contribution is 2.24. The summed E-state index contributed by atoms with van der Waals surface area (Å²) in [5, 5.41) is 9.86. The number of aliphatic imine (C=N–C) groups is 1. The van der Waals surface area contributed by atoms with Crippen molar-refractivity contribution in [3.05, 3.63) is 46.7 Å². The Morgan fingerprint density at radius 2 is 2.07 bits per heavy atom. The summed E-state index contributed by atoms with van der Waals surface area (Å²) >= 11 is 1.73. The maximum Gasteiger partial charge on any atom is 0.191 e. The van der Waals surface area contributed by atoms with E-state index in [1.54, 1.807) is 23.5 Å². The summed E-state index contributed by atoms with van der Waals surface area (Å²) in [5.74, 6) is 0.605. The van der Waals surface area contributed by atoms with E-state index >= 15 is 0 Å². The largest absolute Gasteiger partial charge is 0.357 e. The molecular formula is C20H29FIN5S. The molecule has 8 heteroatoms. The SMILES string of the molecule is CCNC(=NCCc1csc(N2CCCC2)n1)NCCc1cccc(F)c1.I. The quantitative estimate of drug-likeness (QED) is 0.318. The lowest BCUT2D eigenvalue weighted by molar-refractivity contribution is 0.625. The van der Waals surface area contributed by atoms with Gasteiger partial charge in [0.25, 0.3) is 0 Å². The summed E-state index contributed by atoms with van der Waals surface area (Å²) < 4.78 is 13.2. The van der Waals surface area contributed by atoms with Gasteiger partial charge in [-0.1, -0.05) is 12.1 Å². The normalized spacial score (nSPS) is 14.1. The van der Waals surface area contributed by atoms with Gasteiger partial charge in [0.1, 0.15) is 5.82 Å². The van der Waals surface area contributed by atoms with Gasteiger partial charge in [0, 0.05) is 44.5 Å². The molecule has 0 spiro atoms. The fourth-order valence-electron chi connectivity index (χ4n) is 3.11. The first-order chi connectivity index (χ1) is 13.2. The van der Waals surface area contributed by atoms with Gasteiger partial charge in [0.2, 0.25) is 0 Å². The molecule has 2 heterocycles. The number of thiazole rings is 1. The van der Waals surface area contributed by atoms with Gasteiger partial charge in [0.05, 0.1) is 5.69 Å². The molecular weight excluding hydrogens is 488 g/mol. The van der Waals surface area contributed by atoms with Crippen molar-refractivity contribution in [3.63, 3.8) is 0 Å². The second-order valence-electron chi connectivity index (χ2n) is 6.63. The molecule has 0 bridgehead atoms. The number of rotatable bonds is 8. The van der Waals surface area contributed by atoms with Crippen LogP contribution in [-0.4, -0.2) is 43.7 Å². The van der Waals surface area contributed by atoms with Crippen molar-refractivity contribution in [1.29, 1.82) is 0 Å². The summed E-state index contributed by atoms with van der Waals surface area (Å²) in [6.45, 7) is 6.52. The molecule has 0 radical (unpaired) electrons. The third-order valence-corrected chi connectivity index (χ3v) is 5.44. The van der Waals surface area contributed by atoms with Gasteiger partial charge in [-0.05, 0) is 43.9 Å². The second-order valence-corrected chi connectivity index (χ2v) is 7.47. The number of benzene rings is 1. The molecule has 2 aromatic rings. The molecule has 1 aromatic heterocycles.